The van der Waals surface area contributed by atoms with E-state index in [0.29, 0.717) is 22.9 Å². The van der Waals surface area contributed by atoms with E-state index >= 15 is 0 Å². The first-order valence-corrected chi connectivity index (χ1v) is 8.20. The van der Waals surface area contributed by atoms with Gasteiger partial charge in [-0.05, 0) is 30.6 Å². The summed E-state index contributed by atoms with van der Waals surface area (Å²) in [5, 5.41) is 12.0. The van der Waals surface area contributed by atoms with Gasteiger partial charge in [0.15, 0.2) is 0 Å². The van der Waals surface area contributed by atoms with Crippen LogP contribution in [0.25, 0.3) is 0 Å². The van der Waals surface area contributed by atoms with Gasteiger partial charge < -0.3 is 15.2 Å². The van der Waals surface area contributed by atoms with E-state index < -0.39 is 12.0 Å². The normalized spacial score (nSPS) is 11.7. The Morgan fingerprint density at radius 3 is 2.76 bits per heavy atom. The summed E-state index contributed by atoms with van der Waals surface area (Å²) >= 11 is 7.45. The number of carbonyl (C=O) groups is 2. The number of nitrogens with one attached hydrogen (secondary N) is 1. The molecule has 5 nitrogen and oxygen atoms in total. The SMILES string of the molecule is CSCC[C@@H](NC(=O)CCOc1ccccc1Cl)C(=O)O. The number of amides is 1. The van der Waals surface area contributed by atoms with E-state index in [1.54, 1.807) is 24.3 Å². The number of aliphatic carboxylic acids is 1. The van der Waals surface area contributed by atoms with Crippen LogP contribution in [0, 0.1) is 0 Å². The highest BCUT2D eigenvalue weighted by Crippen LogP contribution is 2.22. The minimum Gasteiger partial charge on any atom is -0.491 e. The molecule has 116 valence electrons. The van der Waals surface area contributed by atoms with Crippen molar-refractivity contribution in [2.24, 2.45) is 0 Å². The number of carbonyl (C=O) groups excluding carboxylic acids is 1. The smallest absolute Gasteiger partial charge is 0.326 e. The summed E-state index contributed by atoms with van der Waals surface area (Å²) in [5.41, 5.74) is 0. The second-order valence-corrected chi connectivity index (χ2v) is 5.66. The van der Waals surface area contributed by atoms with E-state index in [1.165, 1.54) is 11.8 Å². The lowest BCUT2D eigenvalue weighted by Gasteiger charge is -2.14. The summed E-state index contributed by atoms with van der Waals surface area (Å²) in [6, 6.07) is 6.11. The third-order valence-corrected chi connectivity index (χ3v) is 3.62. The van der Waals surface area contributed by atoms with Crippen molar-refractivity contribution in [3.05, 3.63) is 29.3 Å². The molecule has 1 atom stereocenters. The van der Waals surface area contributed by atoms with Crippen LogP contribution >= 0.6 is 23.4 Å². The Bertz CT molecular complexity index is 484. The Kier molecular flexibility index (Phi) is 8.00. The van der Waals surface area contributed by atoms with E-state index in [-0.39, 0.29) is 18.9 Å². The highest BCUT2D eigenvalue weighted by atomic mass is 35.5. The standard InChI is InChI=1S/C14H18ClNO4S/c1-21-9-7-11(14(18)19)16-13(17)6-8-20-12-5-3-2-4-10(12)15/h2-5,11H,6-9H2,1H3,(H,16,17)(H,18,19)/t11-/m1/s1. The maximum atomic E-state index is 11.7. The molecule has 0 aliphatic carbocycles. The molecule has 21 heavy (non-hydrogen) atoms. The highest BCUT2D eigenvalue weighted by Gasteiger charge is 2.19. The van der Waals surface area contributed by atoms with Gasteiger partial charge in [0.05, 0.1) is 18.1 Å². The van der Waals surface area contributed by atoms with Crippen LogP contribution in [-0.2, 0) is 9.59 Å². The van der Waals surface area contributed by atoms with E-state index in [1.807, 2.05) is 6.26 Å². The zero-order chi connectivity index (χ0) is 15.7. The monoisotopic (exact) mass is 331 g/mol. The molecular weight excluding hydrogens is 314 g/mol. The summed E-state index contributed by atoms with van der Waals surface area (Å²) in [5.74, 6) is -0.197. The molecule has 1 rings (SSSR count). The average Bonchev–Trinajstić information content (AvgIpc) is 2.45. The molecular formula is C14H18ClNO4S. The first kappa shape index (κ1) is 17.7. The Morgan fingerprint density at radius 2 is 2.14 bits per heavy atom. The lowest BCUT2D eigenvalue weighted by molar-refractivity contribution is -0.141. The summed E-state index contributed by atoms with van der Waals surface area (Å²) in [6.45, 7) is 0.143. The predicted molar refractivity (Wildman–Crippen MR) is 84.1 cm³/mol. The summed E-state index contributed by atoms with van der Waals surface area (Å²) < 4.78 is 5.39. The van der Waals surface area contributed by atoms with Crippen LogP contribution in [0.1, 0.15) is 12.8 Å². The second kappa shape index (κ2) is 9.52. The number of hydrogen-bond acceptors (Lipinski definition) is 4. The Balaban J connectivity index is 2.36. The molecule has 0 fully saturated rings. The van der Waals surface area contributed by atoms with Gasteiger partial charge in [-0.25, -0.2) is 4.79 Å². The van der Waals surface area contributed by atoms with E-state index in [9.17, 15) is 9.59 Å². The first-order chi connectivity index (χ1) is 10.0. The van der Waals surface area contributed by atoms with Crippen molar-refractivity contribution in [3.8, 4) is 5.75 Å². The minimum atomic E-state index is -1.02. The van der Waals surface area contributed by atoms with Gasteiger partial charge in [-0.1, -0.05) is 23.7 Å². The number of para-hydroxylation sites is 1. The van der Waals surface area contributed by atoms with Crippen LogP contribution in [0.2, 0.25) is 5.02 Å². The zero-order valence-electron chi connectivity index (χ0n) is 11.7. The van der Waals surface area contributed by atoms with E-state index in [0.717, 1.165) is 0 Å². The van der Waals surface area contributed by atoms with Gasteiger partial charge in [0.2, 0.25) is 5.91 Å². The first-order valence-electron chi connectivity index (χ1n) is 6.43. The quantitative estimate of drug-likeness (QED) is 0.727. The fourth-order valence-electron chi connectivity index (χ4n) is 1.58. The van der Waals surface area contributed by atoms with Gasteiger partial charge >= 0.3 is 5.97 Å². The topological polar surface area (TPSA) is 75.6 Å². The lowest BCUT2D eigenvalue weighted by Crippen LogP contribution is -2.41. The van der Waals surface area contributed by atoms with Crippen LogP contribution in [0.4, 0.5) is 0 Å². The fourth-order valence-corrected chi connectivity index (χ4v) is 2.24. The maximum Gasteiger partial charge on any atom is 0.326 e. The van der Waals surface area contributed by atoms with Gasteiger partial charge in [-0.15, -0.1) is 0 Å². The third-order valence-electron chi connectivity index (χ3n) is 2.67. The van der Waals surface area contributed by atoms with Gasteiger partial charge in [0.25, 0.3) is 0 Å². The van der Waals surface area contributed by atoms with Crippen molar-refractivity contribution in [3.63, 3.8) is 0 Å². The van der Waals surface area contributed by atoms with Gasteiger partial charge in [0, 0.05) is 0 Å². The number of benzene rings is 1. The molecule has 2 N–H and O–H groups in total. The Morgan fingerprint density at radius 1 is 1.43 bits per heavy atom. The molecule has 0 aliphatic heterocycles. The molecule has 0 saturated carbocycles. The largest absolute Gasteiger partial charge is 0.491 e. The van der Waals surface area contributed by atoms with Crippen molar-refractivity contribution >= 4 is 35.2 Å². The molecule has 1 aromatic carbocycles. The molecule has 0 saturated heterocycles. The molecule has 0 radical (unpaired) electrons. The molecule has 0 heterocycles. The van der Waals surface area contributed by atoms with Crippen LogP contribution in [0.5, 0.6) is 5.75 Å². The van der Waals surface area contributed by atoms with Crippen LogP contribution in [0.15, 0.2) is 24.3 Å². The molecule has 0 aliphatic rings. The van der Waals surface area contributed by atoms with Crippen molar-refractivity contribution in [2.75, 3.05) is 18.6 Å². The van der Waals surface area contributed by atoms with E-state index in [2.05, 4.69) is 5.32 Å². The fraction of sp³-hybridized carbons (Fsp3) is 0.429. The number of carboxylic acid groups (broad SMARTS) is 1. The van der Waals surface area contributed by atoms with Gasteiger partial charge in [-0.2, -0.15) is 11.8 Å². The lowest BCUT2D eigenvalue weighted by atomic mass is 10.2. The zero-order valence-corrected chi connectivity index (χ0v) is 13.2. The molecule has 0 bridgehead atoms. The summed E-state index contributed by atoms with van der Waals surface area (Å²) in [6.07, 6.45) is 2.36. The Hall–Kier alpha value is -1.40. The van der Waals surface area contributed by atoms with Crippen molar-refractivity contribution < 1.29 is 19.4 Å². The predicted octanol–water partition coefficient (Wildman–Crippen LogP) is 2.43. The van der Waals surface area contributed by atoms with E-state index in [4.69, 9.17) is 21.4 Å². The van der Waals surface area contributed by atoms with Crippen molar-refractivity contribution in [1.29, 1.82) is 0 Å². The van der Waals surface area contributed by atoms with Gasteiger partial charge in [-0.3, -0.25) is 4.79 Å². The number of halogens is 1. The molecule has 1 amide bonds. The van der Waals surface area contributed by atoms with Crippen LogP contribution < -0.4 is 10.1 Å². The Labute approximate surface area is 133 Å². The number of hydrogen-bond donors (Lipinski definition) is 2. The maximum absolute atomic E-state index is 11.7. The van der Waals surface area contributed by atoms with Gasteiger partial charge in [0.1, 0.15) is 11.8 Å². The number of rotatable bonds is 9. The second-order valence-electron chi connectivity index (χ2n) is 4.27. The number of ether oxygens (including phenoxy) is 1. The van der Waals surface area contributed by atoms with Crippen molar-refractivity contribution in [2.45, 2.75) is 18.9 Å². The van der Waals surface area contributed by atoms with Crippen molar-refractivity contribution in [1.82, 2.24) is 5.32 Å². The summed E-state index contributed by atoms with van der Waals surface area (Å²) in [7, 11) is 0. The highest BCUT2D eigenvalue weighted by molar-refractivity contribution is 7.98. The minimum absolute atomic E-state index is 0.0776. The molecule has 0 aromatic heterocycles. The number of carboxylic acids is 1. The summed E-state index contributed by atoms with van der Waals surface area (Å²) in [4.78, 5) is 22.7. The molecule has 7 heteroatoms. The average molecular weight is 332 g/mol. The molecule has 0 spiro atoms. The van der Waals surface area contributed by atoms with Crippen LogP contribution in [-0.4, -0.2) is 41.6 Å². The number of thioether (sulfide) groups is 1. The molecule has 0 unspecified atom stereocenters. The molecule has 1 aromatic rings. The third kappa shape index (κ3) is 6.73. The van der Waals surface area contributed by atoms with Crippen LogP contribution in [0.3, 0.4) is 0 Å².